The van der Waals surface area contributed by atoms with Gasteiger partial charge in [0, 0.05) is 13.1 Å². The Hall–Kier alpha value is -1.42. The molecule has 0 aromatic heterocycles. The average Bonchev–Trinajstić information content (AvgIpc) is 2.48. The number of carbonyl (C=O) groups excluding carboxylic acids is 1. The van der Waals surface area contributed by atoms with Crippen molar-refractivity contribution < 1.29 is 9.18 Å². The van der Waals surface area contributed by atoms with Crippen LogP contribution in [0, 0.1) is 12.7 Å². The van der Waals surface area contributed by atoms with Crippen molar-refractivity contribution in [2.45, 2.75) is 19.9 Å². The minimum absolute atomic E-state index is 0.117. The smallest absolute Gasteiger partial charge is 0.236 e. The molecule has 0 unspecified atom stereocenters. The number of hydrogen-bond donors (Lipinski definition) is 1. The van der Waals surface area contributed by atoms with Gasteiger partial charge in [0.25, 0.3) is 0 Å². The fraction of sp³-hybridized carbons (Fsp3) is 0.462. The Bertz CT molecular complexity index is 420. The molecule has 1 aromatic rings. The van der Waals surface area contributed by atoms with E-state index in [9.17, 15) is 9.18 Å². The van der Waals surface area contributed by atoms with Crippen molar-refractivity contribution in [3.63, 3.8) is 0 Å². The summed E-state index contributed by atoms with van der Waals surface area (Å²) < 4.78 is 13.0. The molecule has 1 saturated heterocycles. The van der Waals surface area contributed by atoms with Gasteiger partial charge in [-0.05, 0) is 43.1 Å². The number of hydrogen-bond acceptors (Lipinski definition) is 2. The van der Waals surface area contributed by atoms with E-state index in [0.29, 0.717) is 13.1 Å². The second-order valence-electron chi connectivity index (χ2n) is 4.42. The van der Waals surface area contributed by atoms with E-state index >= 15 is 0 Å². The summed E-state index contributed by atoms with van der Waals surface area (Å²) in [4.78, 5) is 13.6. The van der Waals surface area contributed by atoms with E-state index in [1.54, 1.807) is 6.07 Å². The quantitative estimate of drug-likeness (QED) is 0.843. The number of aryl methyl sites for hydroxylation is 1. The topological polar surface area (TPSA) is 32.3 Å². The van der Waals surface area contributed by atoms with Gasteiger partial charge in [-0.1, -0.05) is 6.07 Å². The predicted molar refractivity (Wildman–Crippen MR) is 64.0 cm³/mol. The molecular formula is C13H17FN2O. The van der Waals surface area contributed by atoms with Gasteiger partial charge in [0.2, 0.25) is 5.91 Å². The molecule has 1 aromatic carbocycles. The molecular weight excluding hydrogens is 219 g/mol. The molecule has 1 N–H and O–H groups in total. The van der Waals surface area contributed by atoms with E-state index in [-0.39, 0.29) is 11.7 Å². The summed E-state index contributed by atoms with van der Waals surface area (Å²) in [6.07, 6.45) is 0.964. The van der Waals surface area contributed by atoms with Crippen molar-refractivity contribution in [3.8, 4) is 0 Å². The van der Waals surface area contributed by atoms with Gasteiger partial charge < -0.3 is 10.2 Å². The van der Waals surface area contributed by atoms with E-state index in [4.69, 9.17) is 0 Å². The van der Waals surface area contributed by atoms with Crippen LogP contribution >= 0.6 is 0 Å². The van der Waals surface area contributed by atoms with Crippen molar-refractivity contribution in [3.05, 3.63) is 35.1 Å². The summed E-state index contributed by atoms with van der Waals surface area (Å²) in [5, 5.41) is 3.09. The summed E-state index contributed by atoms with van der Waals surface area (Å²) in [5.74, 6) is -0.110. The second-order valence-corrected chi connectivity index (χ2v) is 4.42. The van der Waals surface area contributed by atoms with Crippen LogP contribution in [0.1, 0.15) is 17.5 Å². The van der Waals surface area contributed by atoms with Crippen LogP contribution in [0.3, 0.4) is 0 Å². The number of halogens is 1. The maximum absolute atomic E-state index is 13.0. The Morgan fingerprint density at radius 1 is 1.47 bits per heavy atom. The average molecular weight is 236 g/mol. The largest absolute Gasteiger partial charge is 0.337 e. The van der Waals surface area contributed by atoms with Crippen molar-refractivity contribution in [1.29, 1.82) is 0 Å². The van der Waals surface area contributed by atoms with Crippen LogP contribution in [0.15, 0.2) is 18.2 Å². The van der Waals surface area contributed by atoms with E-state index in [1.807, 2.05) is 11.8 Å². The van der Waals surface area contributed by atoms with E-state index < -0.39 is 0 Å². The molecule has 1 aliphatic rings. The lowest BCUT2D eigenvalue weighted by atomic mass is 10.1. The van der Waals surface area contributed by atoms with Gasteiger partial charge in [-0.3, -0.25) is 4.79 Å². The fourth-order valence-electron chi connectivity index (χ4n) is 2.04. The number of amides is 1. The van der Waals surface area contributed by atoms with Gasteiger partial charge in [-0.15, -0.1) is 0 Å². The Balaban J connectivity index is 2.10. The van der Waals surface area contributed by atoms with Crippen molar-refractivity contribution >= 4 is 5.91 Å². The lowest BCUT2D eigenvalue weighted by Gasteiger charge is -2.21. The molecule has 0 atom stereocenters. The van der Waals surface area contributed by atoms with Gasteiger partial charge in [-0.25, -0.2) is 4.39 Å². The molecule has 0 bridgehead atoms. The van der Waals surface area contributed by atoms with Gasteiger partial charge in [0.05, 0.1) is 6.54 Å². The summed E-state index contributed by atoms with van der Waals surface area (Å²) in [6, 6.07) is 4.72. The highest BCUT2D eigenvalue weighted by molar-refractivity contribution is 5.78. The first kappa shape index (κ1) is 12.0. The number of nitrogens with one attached hydrogen (secondary N) is 1. The van der Waals surface area contributed by atoms with E-state index in [2.05, 4.69) is 5.32 Å². The molecule has 0 spiro atoms. The van der Waals surface area contributed by atoms with E-state index in [1.165, 1.54) is 12.1 Å². The zero-order valence-corrected chi connectivity index (χ0v) is 10.0. The maximum Gasteiger partial charge on any atom is 0.236 e. The van der Waals surface area contributed by atoms with Crippen molar-refractivity contribution in [1.82, 2.24) is 10.2 Å². The van der Waals surface area contributed by atoms with Gasteiger partial charge >= 0.3 is 0 Å². The summed E-state index contributed by atoms with van der Waals surface area (Å²) >= 11 is 0. The lowest BCUT2D eigenvalue weighted by molar-refractivity contribution is -0.130. The number of carbonyl (C=O) groups is 1. The highest BCUT2D eigenvalue weighted by atomic mass is 19.1. The predicted octanol–water partition coefficient (Wildman–Crippen LogP) is 1.46. The third kappa shape index (κ3) is 3.03. The number of benzene rings is 1. The molecule has 92 valence electrons. The molecule has 1 amide bonds. The van der Waals surface area contributed by atoms with Crippen LogP contribution in [-0.2, 0) is 11.3 Å². The zero-order chi connectivity index (χ0) is 12.3. The van der Waals surface area contributed by atoms with Crippen LogP contribution in [0.5, 0.6) is 0 Å². The van der Waals surface area contributed by atoms with E-state index in [0.717, 1.165) is 30.6 Å². The number of nitrogens with zero attached hydrogens (tertiary/aromatic N) is 1. The van der Waals surface area contributed by atoms with Crippen LogP contribution in [0.2, 0.25) is 0 Å². The first-order chi connectivity index (χ1) is 8.16. The van der Waals surface area contributed by atoms with Crippen LogP contribution in [-0.4, -0.2) is 30.4 Å². The Morgan fingerprint density at radius 3 is 3.06 bits per heavy atom. The first-order valence-corrected chi connectivity index (χ1v) is 5.90. The molecule has 3 nitrogen and oxygen atoms in total. The highest BCUT2D eigenvalue weighted by Gasteiger charge is 2.16. The molecule has 4 heteroatoms. The summed E-state index contributed by atoms with van der Waals surface area (Å²) in [7, 11) is 0. The molecule has 0 saturated carbocycles. The highest BCUT2D eigenvalue weighted by Crippen LogP contribution is 2.13. The third-order valence-corrected chi connectivity index (χ3v) is 3.08. The molecule has 1 fully saturated rings. The van der Waals surface area contributed by atoms with Crippen LogP contribution < -0.4 is 5.32 Å². The normalized spacial score (nSPS) is 17.1. The second kappa shape index (κ2) is 5.27. The zero-order valence-electron chi connectivity index (χ0n) is 10.0. The Kier molecular flexibility index (Phi) is 3.74. The molecule has 0 radical (unpaired) electrons. The summed E-state index contributed by atoms with van der Waals surface area (Å²) in [6.45, 7) is 4.50. The maximum atomic E-state index is 13.0. The van der Waals surface area contributed by atoms with Gasteiger partial charge in [-0.2, -0.15) is 0 Å². The SMILES string of the molecule is Cc1cc(F)ccc1CN1CCCNCC1=O. The molecule has 1 aliphatic heterocycles. The Labute approximate surface area is 101 Å². The third-order valence-electron chi connectivity index (χ3n) is 3.08. The lowest BCUT2D eigenvalue weighted by Crippen LogP contribution is -2.34. The molecule has 2 rings (SSSR count). The molecule has 17 heavy (non-hydrogen) atoms. The number of rotatable bonds is 2. The van der Waals surface area contributed by atoms with Gasteiger partial charge in [0.15, 0.2) is 0 Å². The monoisotopic (exact) mass is 236 g/mol. The summed E-state index contributed by atoms with van der Waals surface area (Å²) in [5.41, 5.74) is 1.91. The molecule has 0 aliphatic carbocycles. The van der Waals surface area contributed by atoms with Crippen molar-refractivity contribution in [2.24, 2.45) is 0 Å². The molecule has 1 heterocycles. The van der Waals surface area contributed by atoms with Crippen molar-refractivity contribution in [2.75, 3.05) is 19.6 Å². The Morgan fingerprint density at radius 2 is 2.29 bits per heavy atom. The van der Waals surface area contributed by atoms with Gasteiger partial charge in [0.1, 0.15) is 5.82 Å². The fourth-order valence-corrected chi connectivity index (χ4v) is 2.04. The van der Waals surface area contributed by atoms with Crippen LogP contribution in [0.25, 0.3) is 0 Å². The first-order valence-electron chi connectivity index (χ1n) is 5.90. The van der Waals surface area contributed by atoms with Crippen LogP contribution in [0.4, 0.5) is 4.39 Å². The minimum atomic E-state index is -0.227. The standard InChI is InChI=1S/C13H17FN2O/c1-10-7-12(14)4-3-11(10)9-16-6-2-5-15-8-13(16)17/h3-4,7,15H,2,5-6,8-9H2,1H3. The minimum Gasteiger partial charge on any atom is -0.337 e.